The Morgan fingerprint density at radius 2 is 2.00 bits per heavy atom. The molecule has 84 valence electrons. The lowest BCUT2D eigenvalue weighted by molar-refractivity contribution is 0.0224. The van der Waals surface area contributed by atoms with Crippen LogP contribution in [-0.4, -0.2) is 39.1 Å². The van der Waals surface area contributed by atoms with E-state index in [0.717, 1.165) is 16.8 Å². The quantitative estimate of drug-likeness (QED) is 0.694. The Morgan fingerprint density at radius 1 is 1.36 bits per heavy atom. The number of ether oxygens (including phenoxy) is 1. The third kappa shape index (κ3) is 2.79. The molecule has 1 aliphatic rings. The molecule has 0 aromatic rings. The molecule has 1 heterocycles. The predicted molar refractivity (Wildman–Crippen MR) is 69.9 cm³/mol. The predicted octanol–water partition coefficient (Wildman–Crippen LogP) is 0.993. The van der Waals surface area contributed by atoms with Gasteiger partial charge in [-0.3, -0.25) is 0 Å². The van der Waals surface area contributed by atoms with Crippen molar-refractivity contribution >= 4 is 27.6 Å². The van der Waals surface area contributed by atoms with E-state index in [9.17, 15) is 0 Å². The van der Waals surface area contributed by atoms with Crippen LogP contribution in [0, 0.1) is 0 Å². The van der Waals surface area contributed by atoms with Crippen molar-refractivity contribution in [1.82, 2.24) is 0 Å². The Bertz CT molecular complexity index is 188. The fraction of sp³-hybridized carbons (Fsp3) is 1.00. The largest absolute Gasteiger partial charge is 0.457 e. The molecule has 1 atom stereocenters. The summed E-state index contributed by atoms with van der Waals surface area (Å²) in [5.41, 5.74) is 0. The molecule has 0 saturated carbocycles. The first kappa shape index (κ1) is 12.6. The van der Waals surface area contributed by atoms with E-state index in [-0.39, 0.29) is 4.85 Å². The summed E-state index contributed by atoms with van der Waals surface area (Å²) in [7, 11) is -1.36. The number of rotatable bonds is 3. The summed E-state index contributed by atoms with van der Waals surface area (Å²) in [5, 5.41) is 0. The molecule has 0 aliphatic carbocycles. The van der Waals surface area contributed by atoms with Crippen LogP contribution in [0.4, 0.5) is 0 Å². The van der Waals surface area contributed by atoms with Gasteiger partial charge >= 0.3 is 0 Å². The molecule has 2 nitrogen and oxygen atoms in total. The average molecular weight is 249 g/mol. The Balaban J connectivity index is 2.67. The molecule has 1 saturated heterocycles. The zero-order valence-electron chi connectivity index (χ0n) is 10.2. The van der Waals surface area contributed by atoms with E-state index in [1.54, 1.807) is 0 Å². The molecule has 1 aliphatic heterocycles. The van der Waals surface area contributed by atoms with Crippen molar-refractivity contribution < 1.29 is 8.85 Å². The minimum atomic E-state index is -1.59. The maximum absolute atomic E-state index is 6.27. The smallest absolute Gasteiger partial charge is 0.201 e. The molecular weight excluding hydrogens is 224 g/mol. The van der Waals surface area contributed by atoms with Crippen molar-refractivity contribution in [2.45, 2.75) is 50.3 Å². The van der Waals surface area contributed by atoms with Gasteiger partial charge in [-0.15, -0.1) is 0 Å². The summed E-state index contributed by atoms with van der Waals surface area (Å²) in [4.78, 5) is 0.197. The van der Waals surface area contributed by atoms with Crippen LogP contribution in [0.3, 0.4) is 0 Å². The second-order valence-electron chi connectivity index (χ2n) is 5.21. The molecule has 1 unspecified atom stereocenters. The van der Waals surface area contributed by atoms with Crippen molar-refractivity contribution in [3.05, 3.63) is 0 Å². The van der Waals surface area contributed by atoms with Gasteiger partial charge in [-0.2, -0.15) is 0 Å². The first-order valence-corrected chi connectivity index (χ1v) is 12.4. The second-order valence-corrected chi connectivity index (χ2v) is 14.9. The highest BCUT2D eigenvalue weighted by Crippen LogP contribution is 2.32. The van der Waals surface area contributed by atoms with Gasteiger partial charge in [0.05, 0.1) is 4.85 Å². The van der Waals surface area contributed by atoms with Crippen LogP contribution in [0.25, 0.3) is 0 Å². The zero-order chi connectivity index (χ0) is 10.8. The van der Waals surface area contributed by atoms with Gasteiger partial charge < -0.3 is 8.85 Å². The topological polar surface area (TPSA) is 18.5 Å². The molecule has 5 heteroatoms. The fourth-order valence-electron chi connectivity index (χ4n) is 2.12. The van der Waals surface area contributed by atoms with E-state index < -0.39 is 17.4 Å². The van der Waals surface area contributed by atoms with Crippen molar-refractivity contribution in [1.29, 1.82) is 0 Å². The lowest BCUT2D eigenvalue weighted by Crippen LogP contribution is -2.61. The van der Waals surface area contributed by atoms with Crippen molar-refractivity contribution in [2.75, 3.05) is 6.61 Å². The summed E-state index contributed by atoms with van der Waals surface area (Å²) in [5.74, 6) is 0. The van der Waals surface area contributed by atoms with Crippen LogP contribution in [0.1, 0.15) is 19.3 Å². The average Bonchev–Trinajstić information content (AvgIpc) is 2.02. The Hall–Kier alpha value is 0.571. The molecule has 1 rings (SSSR count). The van der Waals surface area contributed by atoms with Gasteiger partial charge in [-0.25, -0.2) is 0 Å². The fourth-order valence-corrected chi connectivity index (χ4v) is 10.7. The first-order valence-electron chi connectivity index (χ1n) is 5.69. The van der Waals surface area contributed by atoms with Crippen molar-refractivity contribution in [3.63, 3.8) is 0 Å². The summed E-state index contributed by atoms with van der Waals surface area (Å²) < 4.78 is 12.3. The lowest BCUT2D eigenvalue weighted by Gasteiger charge is -2.45. The minimum absolute atomic E-state index is 0.197. The van der Waals surface area contributed by atoms with Crippen LogP contribution in [0.15, 0.2) is 0 Å². The van der Waals surface area contributed by atoms with Crippen LogP contribution in [-0.2, 0) is 8.85 Å². The molecule has 0 aromatic carbocycles. The Kier molecular flexibility index (Phi) is 4.16. The SMILES string of the molecule is C[SiH](C)O[Si](C)(C)C1([SiH3])CCCCO1. The third-order valence-corrected chi connectivity index (χ3v) is 14.9. The van der Waals surface area contributed by atoms with Gasteiger partial charge in [0.25, 0.3) is 0 Å². The minimum Gasteiger partial charge on any atom is -0.457 e. The maximum Gasteiger partial charge on any atom is 0.201 e. The third-order valence-electron chi connectivity index (χ3n) is 3.27. The highest BCUT2D eigenvalue weighted by Gasteiger charge is 2.46. The molecule has 14 heavy (non-hydrogen) atoms. The Labute approximate surface area is 93.7 Å². The summed E-state index contributed by atoms with van der Waals surface area (Å²) in [6, 6.07) is 0. The summed E-state index contributed by atoms with van der Waals surface area (Å²) >= 11 is 0. The van der Waals surface area contributed by atoms with E-state index >= 15 is 0 Å². The van der Waals surface area contributed by atoms with Crippen LogP contribution >= 0.6 is 0 Å². The summed E-state index contributed by atoms with van der Waals surface area (Å²) in [6.45, 7) is 10.2. The van der Waals surface area contributed by atoms with Gasteiger partial charge in [0.1, 0.15) is 0 Å². The maximum atomic E-state index is 6.27. The molecule has 0 radical (unpaired) electrons. The number of hydrogen-bond acceptors (Lipinski definition) is 2. The van der Waals surface area contributed by atoms with Gasteiger partial charge in [-0.1, -0.05) is 0 Å². The van der Waals surface area contributed by atoms with E-state index in [1.807, 2.05) is 0 Å². The normalized spacial score (nSPS) is 29.8. The van der Waals surface area contributed by atoms with Crippen molar-refractivity contribution in [3.8, 4) is 0 Å². The van der Waals surface area contributed by atoms with E-state index in [4.69, 9.17) is 8.85 Å². The molecule has 0 aromatic heterocycles. The molecular formula is C9H24O2Si3. The molecule has 0 N–H and O–H groups in total. The molecule has 0 amide bonds. The van der Waals surface area contributed by atoms with E-state index in [0.29, 0.717) is 0 Å². The van der Waals surface area contributed by atoms with E-state index in [2.05, 4.69) is 26.2 Å². The standard InChI is InChI=1S/C9H24O2Si3/c1-13(2)11-14(3,4)9(12)7-5-6-8-10-9/h13H,5-8H2,1-4,12H3. The van der Waals surface area contributed by atoms with Crippen LogP contribution < -0.4 is 0 Å². The van der Waals surface area contributed by atoms with Crippen LogP contribution in [0.2, 0.25) is 26.2 Å². The number of hydrogen-bond donors (Lipinski definition) is 0. The highest BCUT2D eigenvalue weighted by molar-refractivity contribution is 6.85. The monoisotopic (exact) mass is 248 g/mol. The van der Waals surface area contributed by atoms with Gasteiger partial charge in [0.15, 0.2) is 9.04 Å². The zero-order valence-corrected chi connectivity index (χ0v) is 14.4. The van der Waals surface area contributed by atoms with Gasteiger partial charge in [0.2, 0.25) is 8.32 Å². The van der Waals surface area contributed by atoms with Crippen molar-refractivity contribution in [2.24, 2.45) is 0 Å². The van der Waals surface area contributed by atoms with E-state index in [1.165, 1.54) is 19.3 Å². The van der Waals surface area contributed by atoms with Gasteiger partial charge in [0, 0.05) is 16.8 Å². The highest BCUT2D eigenvalue weighted by atomic mass is 28.4. The molecule has 0 bridgehead atoms. The lowest BCUT2D eigenvalue weighted by atomic mass is 10.2. The van der Waals surface area contributed by atoms with Crippen LogP contribution in [0.5, 0.6) is 0 Å². The Morgan fingerprint density at radius 3 is 2.43 bits per heavy atom. The second kappa shape index (κ2) is 4.61. The molecule has 0 spiro atoms. The first-order chi connectivity index (χ1) is 6.37. The van der Waals surface area contributed by atoms with Gasteiger partial charge in [-0.05, 0) is 45.5 Å². The summed E-state index contributed by atoms with van der Waals surface area (Å²) in [6.07, 6.45) is 3.83. The molecule has 1 fully saturated rings.